The first-order valence-corrected chi connectivity index (χ1v) is 10.3. The van der Waals surface area contributed by atoms with E-state index in [4.69, 9.17) is 14.2 Å². The van der Waals surface area contributed by atoms with Gasteiger partial charge in [-0.05, 0) is 38.0 Å². The third-order valence-corrected chi connectivity index (χ3v) is 4.79. The summed E-state index contributed by atoms with van der Waals surface area (Å²) in [7, 11) is 1.30. The van der Waals surface area contributed by atoms with Gasteiger partial charge in [0.1, 0.15) is 0 Å². The summed E-state index contributed by atoms with van der Waals surface area (Å²) < 4.78 is 16.2. The molecule has 0 aliphatic carbocycles. The minimum absolute atomic E-state index is 0.0515. The molecular weight excluding hydrogens is 430 g/mol. The highest BCUT2D eigenvalue weighted by atomic mass is 16.6. The molecule has 0 fully saturated rings. The maximum atomic E-state index is 13.2. The topological polar surface area (TPSA) is 129 Å². The number of ether oxygens (including phenoxy) is 3. The largest absolute Gasteiger partial charge is 0.490 e. The molecule has 0 saturated heterocycles. The number of urea groups is 1. The summed E-state index contributed by atoms with van der Waals surface area (Å²) in [5, 5.41) is 17.1. The lowest BCUT2D eigenvalue weighted by molar-refractivity contribution is -0.385. The quantitative estimate of drug-likeness (QED) is 0.353. The molecule has 0 saturated carbocycles. The van der Waals surface area contributed by atoms with Crippen LogP contribution in [0.15, 0.2) is 48.0 Å². The van der Waals surface area contributed by atoms with Crippen molar-refractivity contribution in [2.24, 2.45) is 0 Å². The number of amides is 2. The molecule has 2 aromatic carbocycles. The van der Waals surface area contributed by atoms with Gasteiger partial charge in [-0.1, -0.05) is 30.3 Å². The monoisotopic (exact) mass is 455 g/mol. The molecule has 10 nitrogen and oxygen atoms in total. The van der Waals surface area contributed by atoms with Gasteiger partial charge < -0.3 is 24.8 Å². The van der Waals surface area contributed by atoms with Gasteiger partial charge in [-0.25, -0.2) is 9.59 Å². The van der Waals surface area contributed by atoms with E-state index in [9.17, 15) is 19.7 Å². The molecule has 33 heavy (non-hydrogen) atoms. The number of carbonyl (C=O) groups is 2. The van der Waals surface area contributed by atoms with Crippen LogP contribution in [0.25, 0.3) is 5.70 Å². The van der Waals surface area contributed by atoms with Gasteiger partial charge in [0.05, 0.1) is 42.1 Å². The molecule has 0 radical (unpaired) electrons. The van der Waals surface area contributed by atoms with E-state index >= 15 is 0 Å². The lowest BCUT2D eigenvalue weighted by Gasteiger charge is -2.30. The average Bonchev–Trinajstić information content (AvgIpc) is 2.78. The number of hydrogen-bond donors (Lipinski definition) is 2. The first-order valence-electron chi connectivity index (χ1n) is 10.3. The lowest BCUT2D eigenvalue weighted by atomic mass is 9.92. The van der Waals surface area contributed by atoms with Crippen LogP contribution in [0, 0.1) is 10.1 Å². The van der Waals surface area contributed by atoms with E-state index in [-0.39, 0.29) is 40.6 Å². The SMILES string of the molecule is CCOc1cc(C2NC(=O)NC(c3ccccc3)=C2C(=O)OC(C)C)cc([N+](=O)[O-])c1OC. The van der Waals surface area contributed by atoms with Crippen molar-refractivity contribution in [3.8, 4) is 11.5 Å². The first kappa shape index (κ1) is 23.6. The van der Waals surface area contributed by atoms with Gasteiger partial charge in [-0.3, -0.25) is 10.1 Å². The van der Waals surface area contributed by atoms with Gasteiger partial charge in [0, 0.05) is 6.07 Å². The van der Waals surface area contributed by atoms with Crippen LogP contribution < -0.4 is 20.1 Å². The Morgan fingerprint density at radius 3 is 2.48 bits per heavy atom. The second kappa shape index (κ2) is 10.0. The van der Waals surface area contributed by atoms with E-state index in [1.165, 1.54) is 19.2 Å². The van der Waals surface area contributed by atoms with Gasteiger partial charge in [-0.2, -0.15) is 0 Å². The highest BCUT2D eigenvalue weighted by Gasteiger charge is 2.37. The molecule has 0 spiro atoms. The second-order valence-corrected chi connectivity index (χ2v) is 7.40. The Balaban J connectivity index is 2.27. The fourth-order valence-electron chi connectivity index (χ4n) is 3.52. The molecular formula is C23H25N3O7. The third kappa shape index (κ3) is 5.05. The first-order chi connectivity index (χ1) is 15.8. The van der Waals surface area contributed by atoms with Crippen molar-refractivity contribution in [2.75, 3.05) is 13.7 Å². The Morgan fingerprint density at radius 1 is 1.21 bits per heavy atom. The average molecular weight is 455 g/mol. The number of carbonyl (C=O) groups excluding carboxylic acids is 2. The zero-order valence-electron chi connectivity index (χ0n) is 18.7. The Morgan fingerprint density at radius 2 is 1.91 bits per heavy atom. The zero-order chi connectivity index (χ0) is 24.1. The molecule has 2 amide bonds. The lowest BCUT2D eigenvalue weighted by Crippen LogP contribution is -2.45. The highest BCUT2D eigenvalue weighted by molar-refractivity contribution is 6.04. The van der Waals surface area contributed by atoms with Crippen molar-refractivity contribution in [1.29, 1.82) is 0 Å². The number of methoxy groups -OCH3 is 1. The van der Waals surface area contributed by atoms with Gasteiger partial charge in [0.15, 0.2) is 5.75 Å². The van der Waals surface area contributed by atoms with Crippen LogP contribution in [0.2, 0.25) is 0 Å². The summed E-state index contributed by atoms with van der Waals surface area (Å²) in [6.45, 7) is 5.36. The Kier molecular flexibility index (Phi) is 7.17. The van der Waals surface area contributed by atoms with Crippen LogP contribution in [0.1, 0.15) is 37.9 Å². The number of hydrogen-bond acceptors (Lipinski definition) is 7. The van der Waals surface area contributed by atoms with Gasteiger partial charge in [0.25, 0.3) is 0 Å². The van der Waals surface area contributed by atoms with E-state index in [0.29, 0.717) is 5.56 Å². The van der Waals surface area contributed by atoms with Crippen molar-refractivity contribution in [2.45, 2.75) is 32.9 Å². The molecule has 1 atom stereocenters. The minimum atomic E-state index is -1.04. The molecule has 2 aromatic rings. The van der Waals surface area contributed by atoms with Crippen molar-refractivity contribution in [3.63, 3.8) is 0 Å². The van der Waals surface area contributed by atoms with E-state index in [2.05, 4.69) is 10.6 Å². The molecule has 0 aromatic heterocycles. The molecule has 2 N–H and O–H groups in total. The maximum Gasteiger partial charge on any atom is 0.338 e. The summed E-state index contributed by atoms with van der Waals surface area (Å²) >= 11 is 0. The van der Waals surface area contributed by atoms with Crippen molar-refractivity contribution in [1.82, 2.24) is 10.6 Å². The molecule has 1 aliphatic rings. The van der Waals surface area contributed by atoms with Crippen LogP contribution in [0.3, 0.4) is 0 Å². The fraction of sp³-hybridized carbons (Fsp3) is 0.304. The summed E-state index contributed by atoms with van der Waals surface area (Å²) in [4.78, 5) is 36.9. The summed E-state index contributed by atoms with van der Waals surface area (Å²) in [5.74, 6) is -0.600. The van der Waals surface area contributed by atoms with E-state index in [0.717, 1.165) is 0 Å². The standard InChI is InChI=1S/C23H25N3O7/c1-5-32-17-12-15(11-16(26(29)30)21(17)31-4)20-18(22(27)33-13(2)3)19(24-23(28)25-20)14-9-7-6-8-10-14/h6-13,20H,5H2,1-4H3,(H2,24,25,28). The van der Waals surface area contributed by atoms with Gasteiger partial charge in [-0.15, -0.1) is 0 Å². The Bertz CT molecular complexity index is 1100. The number of nitro groups is 1. The van der Waals surface area contributed by atoms with Crippen molar-refractivity contribution >= 4 is 23.4 Å². The van der Waals surface area contributed by atoms with E-state index in [1.54, 1.807) is 51.1 Å². The zero-order valence-corrected chi connectivity index (χ0v) is 18.7. The summed E-state index contributed by atoms with van der Waals surface area (Å²) in [5.41, 5.74) is 0.859. The third-order valence-electron chi connectivity index (χ3n) is 4.79. The number of benzene rings is 2. The smallest absolute Gasteiger partial charge is 0.338 e. The van der Waals surface area contributed by atoms with Gasteiger partial charge >= 0.3 is 17.7 Å². The predicted molar refractivity (Wildman–Crippen MR) is 120 cm³/mol. The minimum Gasteiger partial charge on any atom is -0.490 e. The number of rotatable bonds is 8. The number of nitrogens with one attached hydrogen (secondary N) is 2. The molecule has 174 valence electrons. The van der Waals surface area contributed by atoms with E-state index < -0.39 is 29.1 Å². The molecule has 1 unspecified atom stereocenters. The van der Waals surface area contributed by atoms with Crippen LogP contribution in [0.4, 0.5) is 10.5 Å². The second-order valence-electron chi connectivity index (χ2n) is 7.40. The molecule has 1 aliphatic heterocycles. The highest BCUT2D eigenvalue weighted by Crippen LogP contribution is 2.42. The van der Waals surface area contributed by atoms with Crippen LogP contribution >= 0.6 is 0 Å². The Hall–Kier alpha value is -4.08. The van der Waals surface area contributed by atoms with Crippen molar-refractivity contribution < 1.29 is 28.7 Å². The number of nitro benzene ring substituents is 1. The van der Waals surface area contributed by atoms with Crippen LogP contribution in [0.5, 0.6) is 11.5 Å². The predicted octanol–water partition coefficient (Wildman–Crippen LogP) is 3.72. The summed E-state index contributed by atoms with van der Waals surface area (Å²) in [6, 6.07) is 9.97. The normalized spacial score (nSPS) is 15.5. The van der Waals surface area contributed by atoms with Gasteiger partial charge in [0.2, 0.25) is 5.75 Å². The molecule has 0 bridgehead atoms. The molecule has 1 heterocycles. The molecule has 10 heteroatoms. The maximum absolute atomic E-state index is 13.2. The Labute approximate surface area is 190 Å². The number of nitrogens with zero attached hydrogens (tertiary/aromatic N) is 1. The summed E-state index contributed by atoms with van der Waals surface area (Å²) in [6.07, 6.45) is -0.426. The fourth-order valence-corrected chi connectivity index (χ4v) is 3.52. The van der Waals surface area contributed by atoms with Crippen molar-refractivity contribution in [3.05, 3.63) is 69.3 Å². The van der Waals surface area contributed by atoms with Crippen LogP contribution in [-0.2, 0) is 9.53 Å². The van der Waals surface area contributed by atoms with E-state index in [1.807, 2.05) is 0 Å². The molecule has 3 rings (SSSR count). The van der Waals surface area contributed by atoms with Crippen LogP contribution in [-0.4, -0.2) is 36.7 Å². The number of esters is 1.